The van der Waals surface area contributed by atoms with Gasteiger partial charge in [-0.05, 0) is 42.8 Å². The van der Waals surface area contributed by atoms with E-state index in [0.29, 0.717) is 10.6 Å². The summed E-state index contributed by atoms with van der Waals surface area (Å²) in [7, 11) is 0. The maximum absolute atomic E-state index is 13.2. The van der Waals surface area contributed by atoms with Crippen LogP contribution in [0.2, 0.25) is 5.02 Å². The molecule has 1 N–H and O–H groups in total. The number of benzene rings is 2. The van der Waals surface area contributed by atoms with Crippen molar-refractivity contribution in [2.45, 2.75) is 6.92 Å². The van der Waals surface area contributed by atoms with Gasteiger partial charge in [-0.15, -0.1) is 0 Å². The van der Waals surface area contributed by atoms with Gasteiger partial charge < -0.3 is 5.32 Å². The molecule has 0 aliphatic heterocycles. The molecule has 3 aromatic rings. The Hall–Kier alpha value is -1.65. The summed E-state index contributed by atoms with van der Waals surface area (Å²) >= 11 is 7.59. The van der Waals surface area contributed by atoms with E-state index in [-0.39, 0.29) is 5.82 Å². The molecule has 0 saturated heterocycles. The van der Waals surface area contributed by atoms with Crippen molar-refractivity contribution in [1.29, 1.82) is 0 Å². The number of rotatable bonds is 2. The fraction of sp³-hybridized carbons (Fsp3) is 0.0714. The number of anilines is 2. The van der Waals surface area contributed by atoms with Gasteiger partial charge in [-0.2, -0.15) is 0 Å². The lowest BCUT2D eigenvalue weighted by Crippen LogP contribution is -1.91. The van der Waals surface area contributed by atoms with Crippen LogP contribution in [0.15, 0.2) is 36.4 Å². The van der Waals surface area contributed by atoms with Gasteiger partial charge in [0.25, 0.3) is 0 Å². The lowest BCUT2D eigenvalue weighted by atomic mass is 10.2. The fourth-order valence-electron chi connectivity index (χ4n) is 1.81. The molecular weight excluding hydrogens is 283 g/mol. The van der Waals surface area contributed by atoms with Crippen molar-refractivity contribution in [3.8, 4) is 0 Å². The van der Waals surface area contributed by atoms with Crippen molar-refractivity contribution in [3.63, 3.8) is 0 Å². The molecule has 1 aromatic heterocycles. The molecule has 2 aromatic carbocycles. The second-order valence-corrected chi connectivity index (χ2v) is 5.60. The number of thiazole rings is 1. The summed E-state index contributed by atoms with van der Waals surface area (Å²) in [4.78, 5) is 4.45. The van der Waals surface area contributed by atoms with E-state index in [2.05, 4.69) is 10.3 Å². The van der Waals surface area contributed by atoms with Crippen LogP contribution in [0.5, 0.6) is 0 Å². The summed E-state index contributed by atoms with van der Waals surface area (Å²) in [5.41, 5.74) is 2.28. The SMILES string of the molecule is Cc1cc(Nc2nc3cccc(Cl)c3s2)ccc1F. The predicted octanol–water partition coefficient (Wildman–Crippen LogP) is 5.14. The van der Waals surface area contributed by atoms with Crippen LogP contribution < -0.4 is 5.32 Å². The lowest BCUT2D eigenvalue weighted by Gasteiger charge is -2.03. The van der Waals surface area contributed by atoms with Crippen molar-refractivity contribution in [1.82, 2.24) is 4.98 Å². The van der Waals surface area contributed by atoms with Crippen molar-refractivity contribution in [2.24, 2.45) is 0 Å². The lowest BCUT2D eigenvalue weighted by molar-refractivity contribution is 0.619. The average Bonchev–Trinajstić information content (AvgIpc) is 2.78. The summed E-state index contributed by atoms with van der Waals surface area (Å²) in [6.07, 6.45) is 0. The number of aromatic nitrogens is 1. The number of nitrogens with one attached hydrogen (secondary N) is 1. The molecular formula is C14H10ClFN2S. The van der Waals surface area contributed by atoms with Gasteiger partial charge in [0.2, 0.25) is 0 Å². The van der Waals surface area contributed by atoms with E-state index in [9.17, 15) is 4.39 Å². The number of fused-ring (bicyclic) bond motifs is 1. The van der Waals surface area contributed by atoms with E-state index in [4.69, 9.17) is 11.6 Å². The molecule has 0 unspecified atom stereocenters. The van der Waals surface area contributed by atoms with Gasteiger partial charge >= 0.3 is 0 Å². The number of halogens is 2. The number of nitrogens with zero attached hydrogens (tertiary/aromatic N) is 1. The third-order valence-electron chi connectivity index (χ3n) is 2.78. The topological polar surface area (TPSA) is 24.9 Å². The van der Waals surface area contributed by atoms with Crippen molar-refractivity contribution in [3.05, 3.63) is 52.8 Å². The minimum atomic E-state index is -0.210. The summed E-state index contributed by atoms with van der Waals surface area (Å²) in [5.74, 6) is -0.210. The Morgan fingerprint density at radius 3 is 2.84 bits per heavy atom. The molecule has 0 aliphatic carbocycles. The first-order chi connectivity index (χ1) is 9.13. The van der Waals surface area contributed by atoms with Crippen LogP contribution in [0.4, 0.5) is 15.2 Å². The van der Waals surface area contributed by atoms with Crippen LogP contribution in [0.1, 0.15) is 5.56 Å². The molecule has 19 heavy (non-hydrogen) atoms. The normalized spacial score (nSPS) is 10.9. The fourth-order valence-corrected chi connectivity index (χ4v) is 2.99. The molecule has 96 valence electrons. The number of hydrogen-bond acceptors (Lipinski definition) is 3. The highest BCUT2D eigenvalue weighted by atomic mass is 35.5. The zero-order valence-corrected chi connectivity index (χ0v) is 11.6. The predicted molar refractivity (Wildman–Crippen MR) is 79.0 cm³/mol. The Morgan fingerprint density at radius 2 is 2.11 bits per heavy atom. The van der Waals surface area contributed by atoms with Gasteiger partial charge in [0.05, 0.1) is 15.2 Å². The smallest absolute Gasteiger partial charge is 0.188 e. The third kappa shape index (κ3) is 2.41. The highest BCUT2D eigenvalue weighted by molar-refractivity contribution is 7.22. The Balaban J connectivity index is 1.96. The van der Waals surface area contributed by atoms with Crippen LogP contribution in [0, 0.1) is 12.7 Å². The quantitative estimate of drug-likeness (QED) is 0.707. The first kappa shape index (κ1) is 12.4. The van der Waals surface area contributed by atoms with Gasteiger partial charge in [-0.3, -0.25) is 0 Å². The Labute approximate surface area is 118 Å². The molecule has 5 heteroatoms. The highest BCUT2D eigenvalue weighted by Gasteiger charge is 2.07. The third-order valence-corrected chi connectivity index (χ3v) is 4.22. The molecule has 0 spiro atoms. The van der Waals surface area contributed by atoms with E-state index in [1.807, 2.05) is 18.2 Å². The van der Waals surface area contributed by atoms with Crippen molar-refractivity contribution >= 4 is 44.0 Å². The molecule has 0 amide bonds. The summed E-state index contributed by atoms with van der Waals surface area (Å²) in [6, 6.07) is 10.5. The maximum atomic E-state index is 13.2. The van der Waals surface area contributed by atoms with Crippen LogP contribution in [-0.4, -0.2) is 4.98 Å². The summed E-state index contributed by atoms with van der Waals surface area (Å²) < 4.78 is 14.1. The average molecular weight is 293 g/mol. The minimum absolute atomic E-state index is 0.210. The number of hydrogen-bond donors (Lipinski definition) is 1. The van der Waals surface area contributed by atoms with Gasteiger partial charge in [0.15, 0.2) is 5.13 Å². The van der Waals surface area contributed by atoms with Crippen molar-refractivity contribution < 1.29 is 4.39 Å². The highest BCUT2D eigenvalue weighted by Crippen LogP contribution is 2.33. The second-order valence-electron chi connectivity index (χ2n) is 4.20. The molecule has 0 radical (unpaired) electrons. The van der Waals surface area contributed by atoms with E-state index in [1.165, 1.54) is 17.4 Å². The van der Waals surface area contributed by atoms with Crippen molar-refractivity contribution in [2.75, 3.05) is 5.32 Å². The van der Waals surface area contributed by atoms with E-state index >= 15 is 0 Å². The van der Waals surface area contributed by atoms with Gasteiger partial charge in [0.1, 0.15) is 5.82 Å². The van der Waals surface area contributed by atoms with Gasteiger partial charge in [-0.1, -0.05) is 29.0 Å². The van der Waals surface area contributed by atoms with E-state index < -0.39 is 0 Å². The molecule has 0 saturated carbocycles. The standard InChI is InChI=1S/C14H10ClFN2S/c1-8-7-9(5-6-11(8)16)17-14-18-12-4-2-3-10(15)13(12)19-14/h2-7H,1H3,(H,17,18). The Kier molecular flexibility index (Phi) is 3.12. The summed E-state index contributed by atoms with van der Waals surface area (Å²) in [6.45, 7) is 1.73. The van der Waals surface area contributed by atoms with Crippen LogP contribution >= 0.6 is 22.9 Å². The van der Waals surface area contributed by atoms with E-state index in [0.717, 1.165) is 21.0 Å². The summed E-state index contributed by atoms with van der Waals surface area (Å²) in [5, 5.41) is 4.61. The first-order valence-electron chi connectivity index (χ1n) is 5.72. The molecule has 3 rings (SSSR count). The Bertz CT molecular complexity index is 754. The van der Waals surface area contributed by atoms with Crippen LogP contribution in [0.25, 0.3) is 10.2 Å². The largest absolute Gasteiger partial charge is 0.332 e. The first-order valence-corrected chi connectivity index (χ1v) is 6.91. The number of aryl methyl sites for hydroxylation is 1. The maximum Gasteiger partial charge on any atom is 0.188 e. The van der Waals surface area contributed by atoms with Crippen LogP contribution in [0.3, 0.4) is 0 Å². The second kappa shape index (κ2) is 4.79. The zero-order valence-electron chi connectivity index (χ0n) is 10.1. The monoisotopic (exact) mass is 292 g/mol. The van der Waals surface area contributed by atoms with Gasteiger partial charge in [0, 0.05) is 5.69 Å². The zero-order chi connectivity index (χ0) is 13.4. The molecule has 0 atom stereocenters. The van der Waals surface area contributed by atoms with Crippen LogP contribution in [-0.2, 0) is 0 Å². The Morgan fingerprint density at radius 1 is 1.26 bits per heavy atom. The molecule has 0 aliphatic rings. The molecule has 0 bridgehead atoms. The molecule has 0 fully saturated rings. The molecule has 1 heterocycles. The van der Waals surface area contributed by atoms with Gasteiger partial charge in [-0.25, -0.2) is 9.37 Å². The molecule has 2 nitrogen and oxygen atoms in total. The minimum Gasteiger partial charge on any atom is -0.332 e. The van der Waals surface area contributed by atoms with E-state index in [1.54, 1.807) is 19.1 Å².